The normalized spacial score (nSPS) is 44.9. The van der Waals surface area contributed by atoms with E-state index in [0.29, 0.717) is 19.3 Å². The first-order valence-corrected chi connectivity index (χ1v) is 10.5. The highest BCUT2D eigenvalue weighted by Crippen LogP contribution is 2.68. The Morgan fingerprint density at radius 3 is 2.60 bits per heavy atom. The minimum Gasteiger partial charge on any atom is -0.414 e. The SMILES string of the molecule is C[C@@]12C(=CC(=O)C=C1OC(N)=O)CC[C@@H]1[C@@H]2[C@@H](O)C[C@@]2(C)[C@H]1CC[C@]2(O)C(=O)CO. The average Bonchev–Trinajstić information content (AvgIpc) is 2.93. The molecule has 4 rings (SSSR count). The van der Waals surface area contributed by atoms with Gasteiger partial charge in [0.25, 0.3) is 0 Å². The molecule has 0 heterocycles. The Morgan fingerprint density at radius 2 is 1.97 bits per heavy atom. The van der Waals surface area contributed by atoms with Crippen LogP contribution in [-0.4, -0.2) is 51.3 Å². The monoisotopic (exact) mass is 419 g/mol. The maximum atomic E-state index is 12.5. The first kappa shape index (κ1) is 21.2. The van der Waals surface area contributed by atoms with Crippen LogP contribution in [0.3, 0.4) is 0 Å². The van der Waals surface area contributed by atoms with Crippen LogP contribution in [0.4, 0.5) is 4.79 Å². The van der Waals surface area contributed by atoms with Gasteiger partial charge < -0.3 is 25.8 Å². The Bertz CT molecular complexity index is 879. The van der Waals surface area contributed by atoms with Gasteiger partial charge in [0.2, 0.25) is 0 Å². The first-order chi connectivity index (χ1) is 14.0. The molecule has 5 N–H and O–H groups in total. The molecular formula is C22H29NO7. The van der Waals surface area contributed by atoms with Crippen molar-refractivity contribution in [2.75, 3.05) is 6.61 Å². The van der Waals surface area contributed by atoms with E-state index in [1.807, 2.05) is 13.8 Å². The molecule has 4 aliphatic carbocycles. The number of hydrogen-bond donors (Lipinski definition) is 4. The molecule has 3 fully saturated rings. The van der Waals surface area contributed by atoms with E-state index in [1.165, 1.54) is 6.08 Å². The smallest absolute Gasteiger partial charge is 0.409 e. The molecule has 8 nitrogen and oxygen atoms in total. The number of aliphatic hydroxyl groups excluding tert-OH is 2. The van der Waals surface area contributed by atoms with E-state index in [2.05, 4.69) is 0 Å². The third-order valence-electron chi connectivity index (χ3n) is 8.60. The highest BCUT2D eigenvalue weighted by molar-refractivity contribution is 6.02. The van der Waals surface area contributed by atoms with Gasteiger partial charge in [-0.1, -0.05) is 12.5 Å². The summed E-state index contributed by atoms with van der Waals surface area (Å²) in [4.78, 5) is 36.2. The van der Waals surface area contributed by atoms with Gasteiger partial charge in [0.05, 0.1) is 11.5 Å². The van der Waals surface area contributed by atoms with E-state index in [1.54, 1.807) is 6.08 Å². The molecule has 0 aromatic rings. The molecule has 164 valence electrons. The predicted molar refractivity (Wildman–Crippen MR) is 105 cm³/mol. The van der Waals surface area contributed by atoms with Crippen molar-refractivity contribution < 1.29 is 34.4 Å². The number of amides is 1. The molecule has 0 spiro atoms. The summed E-state index contributed by atoms with van der Waals surface area (Å²) >= 11 is 0. The Morgan fingerprint density at radius 1 is 1.27 bits per heavy atom. The van der Waals surface area contributed by atoms with Gasteiger partial charge >= 0.3 is 6.09 Å². The van der Waals surface area contributed by atoms with E-state index < -0.39 is 41.0 Å². The summed E-state index contributed by atoms with van der Waals surface area (Å²) < 4.78 is 5.26. The van der Waals surface area contributed by atoms with Gasteiger partial charge in [0.1, 0.15) is 18.0 Å². The highest BCUT2D eigenvalue weighted by atomic mass is 16.6. The minimum atomic E-state index is -1.68. The molecule has 0 saturated heterocycles. The van der Waals surface area contributed by atoms with Crippen LogP contribution in [0.2, 0.25) is 0 Å². The maximum Gasteiger partial charge on any atom is 0.409 e. The third kappa shape index (κ3) is 2.60. The number of fused-ring (bicyclic) bond motifs is 5. The Balaban J connectivity index is 1.78. The molecule has 7 atom stereocenters. The highest BCUT2D eigenvalue weighted by Gasteiger charge is 2.69. The zero-order chi connectivity index (χ0) is 22.1. The molecule has 0 bridgehead atoms. The second kappa shape index (κ2) is 6.73. The fraction of sp³-hybridized carbons (Fsp3) is 0.682. The molecule has 4 aliphatic rings. The van der Waals surface area contributed by atoms with Crippen molar-refractivity contribution in [2.45, 2.75) is 57.7 Å². The number of ether oxygens (including phenoxy) is 1. The summed E-state index contributed by atoms with van der Waals surface area (Å²) in [6.07, 6.45) is 3.15. The van der Waals surface area contributed by atoms with E-state index in [-0.39, 0.29) is 42.1 Å². The summed E-state index contributed by atoms with van der Waals surface area (Å²) in [6.45, 7) is 2.95. The van der Waals surface area contributed by atoms with Gasteiger partial charge in [-0.2, -0.15) is 0 Å². The summed E-state index contributed by atoms with van der Waals surface area (Å²) in [7, 11) is 0. The fourth-order valence-corrected chi connectivity index (χ4v) is 7.24. The predicted octanol–water partition coefficient (Wildman–Crippen LogP) is 0.981. The van der Waals surface area contributed by atoms with Crippen molar-refractivity contribution in [2.24, 2.45) is 34.3 Å². The molecule has 0 unspecified atom stereocenters. The zero-order valence-corrected chi connectivity index (χ0v) is 17.3. The van der Waals surface area contributed by atoms with Crippen LogP contribution >= 0.6 is 0 Å². The van der Waals surface area contributed by atoms with Gasteiger partial charge in [-0.3, -0.25) is 9.59 Å². The van der Waals surface area contributed by atoms with E-state index in [9.17, 15) is 29.7 Å². The number of carbonyl (C=O) groups excluding carboxylic acids is 3. The number of allylic oxidation sites excluding steroid dienone is 3. The number of aliphatic hydroxyl groups is 3. The third-order valence-corrected chi connectivity index (χ3v) is 8.60. The van der Waals surface area contributed by atoms with Gasteiger partial charge in [0.15, 0.2) is 11.6 Å². The molecule has 8 heteroatoms. The van der Waals surface area contributed by atoms with Crippen molar-refractivity contribution in [3.05, 3.63) is 23.5 Å². The summed E-state index contributed by atoms with van der Waals surface area (Å²) in [5.41, 5.74) is 2.62. The number of ketones is 2. The lowest BCUT2D eigenvalue weighted by atomic mass is 9.46. The number of Topliss-reactive ketones (excluding diaryl/α,β-unsaturated/α-hetero) is 1. The molecular weight excluding hydrogens is 390 g/mol. The molecule has 1 amide bonds. The van der Waals surface area contributed by atoms with Crippen LogP contribution in [0.25, 0.3) is 0 Å². The van der Waals surface area contributed by atoms with E-state index in [4.69, 9.17) is 10.5 Å². The van der Waals surface area contributed by atoms with Gasteiger partial charge in [-0.15, -0.1) is 0 Å². The lowest BCUT2D eigenvalue weighted by Crippen LogP contribution is -2.62. The Hall–Kier alpha value is -2.03. The number of nitrogens with two attached hydrogens (primary N) is 1. The quantitative estimate of drug-likeness (QED) is 0.533. The first-order valence-electron chi connectivity index (χ1n) is 10.5. The lowest BCUT2D eigenvalue weighted by molar-refractivity contribution is -0.180. The fourth-order valence-electron chi connectivity index (χ4n) is 7.24. The maximum absolute atomic E-state index is 12.5. The van der Waals surface area contributed by atoms with Crippen LogP contribution in [0, 0.1) is 28.6 Å². The number of primary amides is 1. The van der Waals surface area contributed by atoms with Crippen LogP contribution < -0.4 is 5.73 Å². The standard InChI is InChI=1S/C22H29NO7/c1-20-9-15(26)18-13(14(20)5-6-22(20,29)16(27)10-24)4-3-11-7-12(25)8-17(21(11,18)2)30-19(23)28/h7-8,13-15,18,24,26,29H,3-6,9-10H2,1-2H3,(H2,23,28)/t13-,14-,15-,18+,20-,21+,22-/m0/s1. The van der Waals surface area contributed by atoms with E-state index >= 15 is 0 Å². The van der Waals surface area contributed by atoms with Gasteiger partial charge in [0, 0.05) is 17.4 Å². The number of hydrogen-bond acceptors (Lipinski definition) is 7. The molecule has 0 aliphatic heterocycles. The van der Waals surface area contributed by atoms with Crippen LogP contribution in [0.5, 0.6) is 0 Å². The van der Waals surface area contributed by atoms with Crippen LogP contribution in [0.1, 0.15) is 46.0 Å². The lowest BCUT2D eigenvalue weighted by Gasteiger charge is -2.60. The molecule has 0 radical (unpaired) electrons. The molecule has 0 aromatic heterocycles. The second-order valence-electron chi connectivity index (χ2n) is 9.71. The van der Waals surface area contributed by atoms with Crippen molar-refractivity contribution in [3.8, 4) is 0 Å². The topological polar surface area (TPSA) is 147 Å². The summed E-state index contributed by atoms with van der Waals surface area (Å²) in [5, 5.41) is 32.0. The van der Waals surface area contributed by atoms with E-state index in [0.717, 1.165) is 5.57 Å². The minimum absolute atomic E-state index is 0.0581. The van der Waals surface area contributed by atoms with Gasteiger partial charge in [-0.25, -0.2) is 4.79 Å². The van der Waals surface area contributed by atoms with Crippen molar-refractivity contribution in [3.63, 3.8) is 0 Å². The summed E-state index contributed by atoms with van der Waals surface area (Å²) in [6, 6.07) is 0. The average molecular weight is 419 g/mol. The molecule has 3 saturated carbocycles. The molecule has 30 heavy (non-hydrogen) atoms. The van der Waals surface area contributed by atoms with Gasteiger partial charge in [-0.05, 0) is 56.9 Å². The largest absolute Gasteiger partial charge is 0.414 e. The Labute approximate surface area is 174 Å². The second-order valence-corrected chi connectivity index (χ2v) is 9.71. The van der Waals surface area contributed by atoms with Crippen LogP contribution in [0.15, 0.2) is 23.5 Å². The molecule has 0 aromatic carbocycles. The summed E-state index contributed by atoms with van der Waals surface area (Å²) in [5.74, 6) is -1.22. The van der Waals surface area contributed by atoms with Crippen molar-refractivity contribution in [1.82, 2.24) is 0 Å². The van der Waals surface area contributed by atoms with Crippen LogP contribution in [-0.2, 0) is 14.3 Å². The Kier molecular flexibility index (Phi) is 4.76. The zero-order valence-electron chi connectivity index (χ0n) is 17.3. The van der Waals surface area contributed by atoms with Crippen molar-refractivity contribution in [1.29, 1.82) is 0 Å². The number of rotatable bonds is 3. The number of carbonyl (C=O) groups is 3. The van der Waals surface area contributed by atoms with Crippen molar-refractivity contribution >= 4 is 17.7 Å².